The molecule has 0 aliphatic rings. The lowest BCUT2D eigenvalue weighted by atomic mass is 9.95. The van der Waals surface area contributed by atoms with Crippen LogP contribution < -0.4 is 0 Å². The average Bonchev–Trinajstić information content (AvgIpc) is 1.58. The summed E-state index contributed by atoms with van der Waals surface area (Å²) in [5, 5.41) is 4.70. The van der Waals surface area contributed by atoms with Gasteiger partial charge in [-0.15, -0.1) is 11.3 Å². The van der Waals surface area contributed by atoms with Crippen molar-refractivity contribution >= 4 is 53.4 Å². The molecule has 0 atom stereocenters. The Morgan fingerprint density at radius 3 is 0.762 bits per heavy atom. The summed E-state index contributed by atoms with van der Waals surface area (Å²) >= 11 is 1.87. The predicted molar refractivity (Wildman–Crippen MR) is 507 cm³/mol. The number of benzene rings is 18. The van der Waals surface area contributed by atoms with E-state index in [1.807, 2.05) is 41.7 Å². The number of hydrogen-bond donors (Lipinski definition) is 0. The van der Waals surface area contributed by atoms with Gasteiger partial charge in [0, 0.05) is 81.0 Å². The first-order valence-electron chi connectivity index (χ1n) is 41.0. The first-order chi connectivity index (χ1) is 60.4. The van der Waals surface area contributed by atoms with E-state index >= 15 is 0 Å². The van der Waals surface area contributed by atoms with Crippen molar-refractivity contribution in [3.05, 3.63) is 449 Å². The number of fused-ring (bicyclic) bond motifs is 6. The third-order valence-corrected chi connectivity index (χ3v) is 24.0. The molecule has 4 heterocycles. The zero-order chi connectivity index (χ0) is 81.1. The van der Waals surface area contributed by atoms with Crippen molar-refractivity contribution in [2.75, 3.05) is 0 Å². The first-order valence-corrected chi connectivity index (χ1v) is 41.8. The Morgan fingerprint density at radius 1 is 0.139 bits per heavy atom. The van der Waals surface area contributed by atoms with Gasteiger partial charge in [0.1, 0.15) is 11.2 Å². The fraction of sp³-hybridized carbons (Fsp3) is 0. The largest absolute Gasteiger partial charge is 0.455 e. The molecule has 0 aliphatic heterocycles. The SMILES string of the molecule is c1ccc(-c2cccc(-c3nc(-c4ccc(-c5cccc6c5oc5c(-c7ccccc7)cc(-c7ccccc7)cc56)cc4)nc(-c4cccc(-c5ccccc5)c4)n3)c2)cc1.c1ccc(-c2cccc(-c3nc(-c4ccc(-c5cccc6c5sc5c(-c7ccccc7)cc(-c7ccccc7)cc56)cc4)nc(-c4cccc(-c5ccccc5)c4)n3)c2)cc1. The van der Waals surface area contributed by atoms with Crippen LogP contribution in [0.5, 0.6) is 0 Å². The lowest BCUT2D eigenvalue weighted by molar-refractivity contribution is 0.671. The minimum absolute atomic E-state index is 0.602. The molecule has 0 amide bonds. The number of rotatable bonds is 16. The number of furan rings is 1. The highest BCUT2D eigenvalue weighted by Crippen LogP contribution is 2.48. The minimum Gasteiger partial charge on any atom is -0.455 e. The molecule has 22 aromatic rings. The maximum atomic E-state index is 6.91. The second-order valence-corrected chi connectivity index (χ2v) is 31.4. The Labute approximate surface area is 711 Å². The molecular formula is C114H74N6OS. The lowest BCUT2D eigenvalue weighted by Crippen LogP contribution is -2.00. The lowest BCUT2D eigenvalue weighted by Gasteiger charge is -2.11. The Kier molecular flexibility index (Phi) is 19.8. The first kappa shape index (κ1) is 73.6. The van der Waals surface area contributed by atoms with E-state index in [9.17, 15) is 0 Å². The summed E-state index contributed by atoms with van der Waals surface area (Å²) in [5.74, 6) is 3.72. The molecule has 0 unspecified atom stereocenters. The smallest absolute Gasteiger partial charge is 0.164 e. The summed E-state index contributed by atoms with van der Waals surface area (Å²) in [4.78, 5) is 30.8. The number of hydrogen-bond acceptors (Lipinski definition) is 8. The third-order valence-electron chi connectivity index (χ3n) is 22.7. The Bertz CT molecular complexity index is 6900. The molecule has 0 saturated heterocycles. The zero-order valence-corrected chi connectivity index (χ0v) is 67.0. The monoisotopic (exact) mass is 1570 g/mol. The van der Waals surface area contributed by atoms with Gasteiger partial charge < -0.3 is 4.42 Å². The van der Waals surface area contributed by atoms with Crippen LogP contribution in [0.4, 0.5) is 0 Å². The van der Waals surface area contributed by atoms with Crippen LogP contribution in [0.25, 0.3) is 222 Å². The van der Waals surface area contributed by atoms with Gasteiger partial charge in [0.2, 0.25) is 0 Å². The van der Waals surface area contributed by atoms with Crippen molar-refractivity contribution in [1.82, 2.24) is 29.9 Å². The Morgan fingerprint density at radius 2 is 0.385 bits per heavy atom. The van der Waals surface area contributed by atoms with E-state index in [-0.39, 0.29) is 0 Å². The van der Waals surface area contributed by atoms with Crippen LogP contribution in [0.2, 0.25) is 0 Å². The van der Waals surface area contributed by atoms with E-state index in [1.54, 1.807) is 0 Å². The van der Waals surface area contributed by atoms with Crippen LogP contribution >= 0.6 is 11.3 Å². The van der Waals surface area contributed by atoms with Gasteiger partial charge >= 0.3 is 0 Å². The van der Waals surface area contributed by atoms with Crippen LogP contribution in [0.15, 0.2) is 453 Å². The van der Waals surface area contributed by atoms with Gasteiger partial charge in [0.25, 0.3) is 0 Å². The van der Waals surface area contributed by atoms with E-state index in [0.29, 0.717) is 34.9 Å². The van der Waals surface area contributed by atoms with Gasteiger partial charge in [-0.25, -0.2) is 29.9 Å². The maximum Gasteiger partial charge on any atom is 0.164 e. The van der Waals surface area contributed by atoms with Gasteiger partial charge in [0.05, 0.1) is 0 Å². The van der Waals surface area contributed by atoms with Gasteiger partial charge in [-0.05, 0) is 143 Å². The van der Waals surface area contributed by atoms with Crippen LogP contribution in [-0.4, -0.2) is 29.9 Å². The summed E-state index contributed by atoms with van der Waals surface area (Å²) in [7, 11) is 0. The topological polar surface area (TPSA) is 90.5 Å². The third kappa shape index (κ3) is 14.9. The van der Waals surface area contributed by atoms with E-state index in [4.69, 9.17) is 34.3 Å². The van der Waals surface area contributed by atoms with E-state index in [1.165, 1.54) is 53.6 Å². The van der Waals surface area contributed by atoms with Crippen LogP contribution in [0.1, 0.15) is 0 Å². The maximum absolute atomic E-state index is 6.91. The van der Waals surface area contributed by atoms with Gasteiger partial charge in [-0.3, -0.25) is 0 Å². The molecule has 22 rings (SSSR count). The molecule has 0 saturated carbocycles. The average molecular weight is 1580 g/mol. The van der Waals surface area contributed by atoms with Crippen molar-refractivity contribution in [2.45, 2.75) is 0 Å². The van der Waals surface area contributed by atoms with Crippen molar-refractivity contribution in [3.8, 4) is 180 Å². The fourth-order valence-electron chi connectivity index (χ4n) is 16.5. The van der Waals surface area contributed by atoms with E-state index in [2.05, 4.69) is 419 Å². The molecule has 0 aliphatic carbocycles. The molecule has 18 aromatic carbocycles. The molecular weight excluding hydrogens is 1500 g/mol. The number of para-hydroxylation sites is 1. The molecule has 0 radical (unpaired) electrons. The van der Waals surface area contributed by atoms with Crippen molar-refractivity contribution < 1.29 is 4.42 Å². The number of aromatic nitrogens is 6. The normalized spacial score (nSPS) is 11.3. The second-order valence-electron chi connectivity index (χ2n) is 30.4. The van der Waals surface area contributed by atoms with Crippen molar-refractivity contribution in [3.63, 3.8) is 0 Å². The molecule has 7 nitrogen and oxygen atoms in total. The van der Waals surface area contributed by atoms with Crippen molar-refractivity contribution in [1.29, 1.82) is 0 Å². The quantitative estimate of drug-likeness (QED) is 0.0952. The zero-order valence-electron chi connectivity index (χ0n) is 66.2. The summed E-state index contributed by atoms with van der Waals surface area (Å²) < 4.78 is 9.48. The van der Waals surface area contributed by atoms with Crippen LogP contribution in [0.3, 0.4) is 0 Å². The highest BCUT2D eigenvalue weighted by Gasteiger charge is 2.23. The molecule has 4 aromatic heterocycles. The van der Waals surface area contributed by atoms with Crippen LogP contribution in [0, 0.1) is 0 Å². The summed E-state index contributed by atoms with van der Waals surface area (Å²) in [6.45, 7) is 0. The second kappa shape index (κ2) is 32.8. The number of nitrogens with zero attached hydrogens (tertiary/aromatic N) is 6. The minimum atomic E-state index is 0.602. The summed E-state index contributed by atoms with van der Waals surface area (Å²) in [5.41, 5.74) is 30.1. The molecule has 0 N–H and O–H groups in total. The fourth-order valence-corrected chi connectivity index (χ4v) is 17.9. The number of thiophene rings is 1. The van der Waals surface area contributed by atoms with Gasteiger partial charge in [-0.1, -0.05) is 400 Å². The summed E-state index contributed by atoms with van der Waals surface area (Å²) in [6.07, 6.45) is 0. The summed E-state index contributed by atoms with van der Waals surface area (Å²) in [6, 6.07) is 157. The molecule has 8 heteroatoms. The highest BCUT2D eigenvalue weighted by atomic mass is 32.1. The molecule has 0 spiro atoms. The molecule has 0 bridgehead atoms. The van der Waals surface area contributed by atoms with E-state index in [0.717, 1.165) is 133 Å². The standard InChI is InChI=1S/C57H37N3O.C57H37N3S/c2*1-5-16-38(17-6-1)44-24-13-26-46(34-44)56-58-55(59-57(60-56)47-27-14-25-45(35-47)39-18-7-2-8-19-39)43-32-30-42(31-33-43)49-28-15-29-50-52-37-48(40-20-9-3-10-21-40)36-51(54(52)61-53(49)50)41-22-11-4-12-23-41/h2*1-37H. The van der Waals surface area contributed by atoms with Crippen molar-refractivity contribution in [2.24, 2.45) is 0 Å². The predicted octanol–water partition coefficient (Wildman–Crippen LogP) is 30.7. The molecule has 0 fully saturated rings. The molecule has 572 valence electrons. The van der Waals surface area contributed by atoms with Gasteiger partial charge in [-0.2, -0.15) is 0 Å². The van der Waals surface area contributed by atoms with Gasteiger partial charge in [0.15, 0.2) is 34.9 Å². The molecule has 122 heavy (non-hydrogen) atoms. The Balaban J connectivity index is 0.000000150. The highest BCUT2D eigenvalue weighted by molar-refractivity contribution is 7.27. The Hall–Kier alpha value is -16.0. The van der Waals surface area contributed by atoms with Crippen LogP contribution in [-0.2, 0) is 0 Å². The van der Waals surface area contributed by atoms with E-state index < -0.39 is 0 Å².